The van der Waals surface area contributed by atoms with Gasteiger partial charge in [0.2, 0.25) is 0 Å². The molecule has 3 aromatic carbocycles. The van der Waals surface area contributed by atoms with Gasteiger partial charge in [-0.15, -0.1) is 34.9 Å². The third-order valence-corrected chi connectivity index (χ3v) is 5.42. The van der Waals surface area contributed by atoms with E-state index in [1.54, 1.807) is 0 Å². The van der Waals surface area contributed by atoms with Crippen LogP contribution in [0.25, 0.3) is 33.2 Å². The fourth-order valence-corrected chi connectivity index (χ4v) is 4.22. The minimum Gasteiger partial charge on any atom is -0.512 e. The Morgan fingerprint density at radius 3 is 2.26 bits per heavy atom. The van der Waals surface area contributed by atoms with E-state index in [4.69, 9.17) is 5.11 Å². The van der Waals surface area contributed by atoms with Crippen molar-refractivity contribution < 1.29 is 34.8 Å². The number of ketones is 2. The number of aromatic nitrogens is 1. The molecule has 0 saturated heterocycles. The Hall–Kier alpha value is -3.40. The molecule has 0 spiro atoms. The monoisotopic (exact) mass is 627 g/mol. The number of aryl methyl sites for hydroxylation is 2. The maximum Gasteiger partial charge on any atom is 0.194 e. The third-order valence-electron chi connectivity index (χ3n) is 5.42. The van der Waals surface area contributed by atoms with Gasteiger partial charge in [-0.05, 0) is 53.6 Å². The first kappa shape index (κ1) is 25.2. The van der Waals surface area contributed by atoms with Gasteiger partial charge in [0.05, 0.1) is 5.76 Å². The SMILES string of the molecule is CC(=O)/C=C(/C)O.Cc1[c-]c(-c2nccc3cc4c(cc23)-c2ccccc2C4=O)cc(C)c1.[Ir]. The maximum atomic E-state index is 12.8. The predicted octanol–water partition coefficient (Wildman–Crippen LogP) is 6.56. The van der Waals surface area contributed by atoms with Crippen LogP contribution in [0.3, 0.4) is 0 Å². The van der Waals surface area contributed by atoms with Gasteiger partial charge < -0.3 is 10.1 Å². The van der Waals surface area contributed by atoms with E-state index in [1.807, 2.05) is 49.5 Å². The van der Waals surface area contributed by atoms with Gasteiger partial charge in [-0.1, -0.05) is 44.2 Å². The molecule has 1 aliphatic rings. The van der Waals surface area contributed by atoms with Gasteiger partial charge in [0, 0.05) is 43.5 Å². The Bertz CT molecular complexity index is 1430. The van der Waals surface area contributed by atoms with Crippen LogP contribution in [-0.2, 0) is 24.9 Å². The topological polar surface area (TPSA) is 67.3 Å². The zero-order chi connectivity index (χ0) is 23.7. The van der Waals surface area contributed by atoms with Gasteiger partial charge in [-0.2, -0.15) is 0 Å². The number of rotatable bonds is 2. The molecule has 0 aliphatic heterocycles. The van der Waals surface area contributed by atoms with E-state index in [0.29, 0.717) is 0 Å². The molecule has 173 valence electrons. The number of fused-ring (bicyclic) bond motifs is 4. The zero-order valence-electron chi connectivity index (χ0n) is 19.4. The quantitative estimate of drug-likeness (QED) is 0.137. The smallest absolute Gasteiger partial charge is 0.194 e. The number of carbonyl (C=O) groups excluding carboxylic acids is 2. The van der Waals surface area contributed by atoms with Gasteiger partial charge in [-0.25, -0.2) is 0 Å². The summed E-state index contributed by atoms with van der Waals surface area (Å²) in [5.74, 6) is 0.0429. The van der Waals surface area contributed by atoms with Crippen molar-refractivity contribution in [3.05, 3.63) is 101 Å². The number of allylic oxidation sites excluding steroid dienone is 2. The average molecular weight is 627 g/mol. The molecule has 0 unspecified atom stereocenters. The molecule has 0 atom stereocenters. The number of hydrogen-bond donors (Lipinski definition) is 1. The number of carbonyl (C=O) groups is 2. The van der Waals surface area contributed by atoms with E-state index < -0.39 is 0 Å². The van der Waals surface area contributed by atoms with Crippen molar-refractivity contribution in [2.24, 2.45) is 0 Å². The molecule has 0 bridgehead atoms. The first-order chi connectivity index (χ1) is 15.7. The fourth-order valence-electron chi connectivity index (χ4n) is 4.22. The Labute approximate surface area is 212 Å². The largest absolute Gasteiger partial charge is 0.512 e. The summed E-state index contributed by atoms with van der Waals surface area (Å²) in [6.45, 7) is 6.98. The summed E-state index contributed by atoms with van der Waals surface area (Å²) in [4.78, 5) is 27.4. The third kappa shape index (κ3) is 5.06. The van der Waals surface area contributed by atoms with E-state index >= 15 is 0 Å². The van der Waals surface area contributed by atoms with Crippen molar-refractivity contribution in [3.63, 3.8) is 0 Å². The van der Waals surface area contributed by atoms with Crippen LogP contribution in [0.4, 0.5) is 0 Å². The summed E-state index contributed by atoms with van der Waals surface area (Å²) in [6, 6.07) is 21.5. The normalized spacial score (nSPS) is 11.8. The van der Waals surface area contributed by atoms with Gasteiger partial charge in [0.1, 0.15) is 0 Å². The summed E-state index contributed by atoms with van der Waals surface area (Å²) < 4.78 is 0. The Kier molecular flexibility index (Phi) is 7.61. The van der Waals surface area contributed by atoms with Crippen molar-refractivity contribution in [2.75, 3.05) is 0 Å². The van der Waals surface area contributed by atoms with Crippen LogP contribution < -0.4 is 0 Å². The van der Waals surface area contributed by atoms with Crippen LogP contribution in [0.1, 0.15) is 40.9 Å². The van der Waals surface area contributed by atoms with E-state index in [9.17, 15) is 9.59 Å². The van der Waals surface area contributed by atoms with Crippen LogP contribution in [0.2, 0.25) is 0 Å². The molecular weight excluding hydrogens is 603 g/mol. The van der Waals surface area contributed by atoms with E-state index in [0.717, 1.165) is 49.8 Å². The summed E-state index contributed by atoms with van der Waals surface area (Å²) in [6.07, 6.45) is 2.97. The second-order valence-corrected chi connectivity index (χ2v) is 8.30. The summed E-state index contributed by atoms with van der Waals surface area (Å²) in [5.41, 5.74) is 7.76. The molecule has 1 heterocycles. The predicted molar refractivity (Wildman–Crippen MR) is 131 cm³/mol. The van der Waals surface area contributed by atoms with Gasteiger partial charge >= 0.3 is 0 Å². The van der Waals surface area contributed by atoms with Gasteiger partial charge in [0.25, 0.3) is 0 Å². The van der Waals surface area contributed by atoms with Crippen molar-refractivity contribution in [1.82, 2.24) is 4.98 Å². The number of nitrogens with zero attached hydrogens (tertiary/aromatic N) is 1. The Morgan fingerprint density at radius 2 is 1.65 bits per heavy atom. The minimum atomic E-state index is -0.125. The van der Waals surface area contributed by atoms with Crippen molar-refractivity contribution >= 4 is 22.3 Å². The Balaban J connectivity index is 0.000000357. The first-order valence-corrected chi connectivity index (χ1v) is 10.7. The number of aliphatic hydroxyl groups excluding tert-OH is 1. The molecule has 4 aromatic rings. The van der Waals surface area contributed by atoms with Crippen LogP contribution >= 0.6 is 0 Å². The van der Waals surface area contributed by atoms with Crippen LogP contribution in [0.5, 0.6) is 0 Å². The molecule has 0 saturated carbocycles. The Morgan fingerprint density at radius 1 is 0.941 bits per heavy atom. The molecule has 34 heavy (non-hydrogen) atoms. The standard InChI is InChI=1S/C24H16NO.C5H8O2.Ir/c1-14-9-15(2)11-17(10-14)23-20-13-21-18-5-3-4-6-19(18)24(26)22(21)12-16(20)7-8-25-23;1-4(6)3-5(2)7;/h3-10,12-13H,1-2H3;3,6H,1-2H3;/q-1;;/b;4-3-;. The van der Waals surface area contributed by atoms with Crippen molar-refractivity contribution in [1.29, 1.82) is 0 Å². The van der Waals surface area contributed by atoms with E-state index in [1.165, 1.54) is 25.5 Å². The van der Waals surface area contributed by atoms with E-state index in [2.05, 4.69) is 36.2 Å². The molecule has 1 N–H and O–H groups in total. The summed E-state index contributed by atoms with van der Waals surface area (Å²) >= 11 is 0. The van der Waals surface area contributed by atoms with Gasteiger partial charge in [-0.3, -0.25) is 9.59 Å². The molecule has 0 amide bonds. The second-order valence-electron chi connectivity index (χ2n) is 8.30. The first-order valence-electron chi connectivity index (χ1n) is 10.7. The molecule has 4 nitrogen and oxygen atoms in total. The number of aliphatic hydroxyl groups is 1. The summed E-state index contributed by atoms with van der Waals surface area (Å²) in [7, 11) is 0. The molecule has 0 fully saturated rings. The van der Waals surface area contributed by atoms with Crippen LogP contribution in [0.15, 0.2) is 72.6 Å². The van der Waals surface area contributed by atoms with Crippen molar-refractivity contribution in [3.8, 4) is 22.4 Å². The van der Waals surface area contributed by atoms with Crippen LogP contribution in [-0.4, -0.2) is 21.7 Å². The fraction of sp³-hybridized carbons (Fsp3) is 0.138. The molecular formula is C29H24IrNO3-. The molecule has 1 aliphatic carbocycles. The number of hydrogen-bond acceptors (Lipinski definition) is 4. The molecule has 5 rings (SSSR count). The van der Waals surface area contributed by atoms with E-state index in [-0.39, 0.29) is 37.4 Å². The summed E-state index contributed by atoms with van der Waals surface area (Å²) in [5, 5.41) is 10.4. The molecule has 5 heteroatoms. The average Bonchev–Trinajstić information content (AvgIpc) is 3.02. The van der Waals surface area contributed by atoms with Crippen LogP contribution in [0, 0.1) is 19.9 Å². The molecule has 1 aromatic heterocycles. The zero-order valence-corrected chi connectivity index (χ0v) is 21.8. The number of pyridine rings is 1. The van der Waals surface area contributed by atoms with Crippen molar-refractivity contribution in [2.45, 2.75) is 27.7 Å². The molecule has 1 radical (unpaired) electrons. The second kappa shape index (κ2) is 10.3. The number of benzene rings is 3. The maximum absolute atomic E-state index is 12.8. The minimum absolute atomic E-state index is 0. The van der Waals surface area contributed by atoms with Gasteiger partial charge in [0.15, 0.2) is 11.6 Å².